The van der Waals surface area contributed by atoms with E-state index in [1.54, 1.807) is 36.4 Å². The van der Waals surface area contributed by atoms with Crippen molar-refractivity contribution in [2.75, 3.05) is 11.9 Å². The molecule has 30 heavy (non-hydrogen) atoms. The Morgan fingerprint density at radius 3 is 2.63 bits per heavy atom. The first kappa shape index (κ1) is 20.3. The molecular weight excluding hydrogens is 410 g/mol. The molecule has 1 N–H and O–H groups in total. The van der Waals surface area contributed by atoms with E-state index in [1.807, 2.05) is 18.2 Å². The number of alkyl halides is 2. The summed E-state index contributed by atoms with van der Waals surface area (Å²) >= 11 is 0.313. The fourth-order valence-electron chi connectivity index (χ4n) is 3.69. The number of benzene rings is 2. The molecule has 1 aliphatic heterocycles. The second kappa shape index (κ2) is 8.83. The van der Waals surface area contributed by atoms with Crippen molar-refractivity contribution in [3.05, 3.63) is 54.6 Å². The van der Waals surface area contributed by atoms with Crippen LogP contribution in [0.4, 0.5) is 14.5 Å². The number of hydrogen-bond acceptors (Lipinski definition) is 4. The van der Waals surface area contributed by atoms with Crippen molar-refractivity contribution in [1.29, 1.82) is 0 Å². The second-order valence-corrected chi connectivity index (χ2v) is 7.91. The molecular formula is C21H20F2N4O2S. The zero-order chi connectivity index (χ0) is 21.1. The number of carbonyl (C=O) groups excluding carboxylic acids is 2. The highest BCUT2D eigenvalue weighted by atomic mass is 32.2. The second-order valence-electron chi connectivity index (χ2n) is 6.95. The lowest BCUT2D eigenvalue weighted by molar-refractivity contribution is -0.137. The highest BCUT2D eigenvalue weighted by molar-refractivity contribution is 7.99. The number of halogens is 2. The Morgan fingerprint density at radius 1 is 1.13 bits per heavy atom. The molecule has 156 valence electrons. The quantitative estimate of drug-likeness (QED) is 0.601. The molecule has 1 atom stereocenters. The first-order valence-electron chi connectivity index (χ1n) is 9.58. The summed E-state index contributed by atoms with van der Waals surface area (Å²) in [5, 5.41) is 2.93. The summed E-state index contributed by atoms with van der Waals surface area (Å²) in [5.41, 5.74) is 1.82. The predicted octanol–water partition coefficient (Wildman–Crippen LogP) is 3.98. The van der Waals surface area contributed by atoms with Crippen molar-refractivity contribution in [2.24, 2.45) is 0 Å². The Morgan fingerprint density at radius 2 is 1.87 bits per heavy atom. The fourth-order valence-corrected chi connectivity index (χ4v) is 4.29. The first-order valence-corrected chi connectivity index (χ1v) is 10.5. The van der Waals surface area contributed by atoms with Gasteiger partial charge in [0.25, 0.3) is 5.76 Å². The molecule has 2 aromatic carbocycles. The van der Waals surface area contributed by atoms with Gasteiger partial charge in [-0.15, -0.1) is 0 Å². The van der Waals surface area contributed by atoms with E-state index in [0.717, 1.165) is 0 Å². The number of para-hydroxylation sites is 3. The fraction of sp³-hybridized carbons (Fsp3) is 0.286. The highest BCUT2D eigenvalue weighted by Gasteiger charge is 2.34. The molecule has 0 saturated carbocycles. The van der Waals surface area contributed by atoms with Crippen LogP contribution in [0.1, 0.15) is 12.8 Å². The molecule has 0 aliphatic carbocycles. The van der Waals surface area contributed by atoms with E-state index in [0.29, 0.717) is 47.9 Å². The van der Waals surface area contributed by atoms with Crippen LogP contribution in [0, 0.1) is 0 Å². The molecule has 1 unspecified atom stereocenters. The van der Waals surface area contributed by atoms with E-state index < -0.39 is 11.8 Å². The van der Waals surface area contributed by atoms with Gasteiger partial charge < -0.3 is 14.8 Å². The summed E-state index contributed by atoms with van der Waals surface area (Å²) < 4.78 is 27.5. The van der Waals surface area contributed by atoms with Crippen molar-refractivity contribution in [2.45, 2.75) is 36.3 Å². The molecule has 1 saturated heterocycles. The van der Waals surface area contributed by atoms with Crippen LogP contribution in [0.2, 0.25) is 0 Å². The minimum absolute atomic E-state index is 0.0871. The minimum Gasteiger partial charge on any atom is -0.329 e. The Labute approximate surface area is 176 Å². The molecule has 2 heterocycles. The smallest absolute Gasteiger partial charge is 0.291 e. The van der Waals surface area contributed by atoms with Crippen LogP contribution in [0.5, 0.6) is 0 Å². The van der Waals surface area contributed by atoms with Crippen LogP contribution < -0.4 is 5.32 Å². The van der Waals surface area contributed by atoms with Crippen molar-refractivity contribution in [3.63, 3.8) is 0 Å². The standard InChI is InChI=1S/C21H20F2N4O2S/c22-20(23)30-21-25-15-9-4-5-10-16(15)27(21)13-18(28)26-12-6-11-17(26)19(29)24-14-7-2-1-3-8-14/h1-5,7-10,17,20H,6,11-13H2,(H,24,29). The third-order valence-electron chi connectivity index (χ3n) is 5.02. The van der Waals surface area contributed by atoms with E-state index in [1.165, 1.54) is 9.47 Å². The zero-order valence-corrected chi connectivity index (χ0v) is 16.8. The summed E-state index contributed by atoms with van der Waals surface area (Å²) in [6.07, 6.45) is 1.27. The number of amides is 2. The summed E-state index contributed by atoms with van der Waals surface area (Å²) in [5.74, 6) is -3.18. The number of thioether (sulfide) groups is 1. The molecule has 6 nitrogen and oxygen atoms in total. The summed E-state index contributed by atoms with van der Waals surface area (Å²) in [6, 6.07) is 15.5. The predicted molar refractivity (Wildman–Crippen MR) is 111 cm³/mol. The first-order chi connectivity index (χ1) is 14.5. The SMILES string of the molecule is O=C(Nc1ccccc1)C1CCCN1C(=O)Cn1c(SC(F)F)nc2ccccc21. The van der Waals surface area contributed by atoms with Crippen molar-refractivity contribution in [3.8, 4) is 0 Å². The van der Waals surface area contributed by atoms with Gasteiger partial charge in [-0.2, -0.15) is 8.78 Å². The number of anilines is 1. The average molecular weight is 430 g/mol. The summed E-state index contributed by atoms with van der Waals surface area (Å²) in [7, 11) is 0. The van der Waals surface area contributed by atoms with Gasteiger partial charge in [0.05, 0.1) is 11.0 Å². The normalized spacial score (nSPS) is 16.4. The highest BCUT2D eigenvalue weighted by Crippen LogP contribution is 2.29. The van der Waals surface area contributed by atoms with Crippen LogP contribution in [0.15, 0.2) is 59.8 Å². The van der Waals surface area contributed by atoms with Gasteiger partial charge in [-0.05, 0) is 48.9 Å². The van der Waals surface area contributed by atoms with Crippen LogP contribution in [0.3, 0.4) is 0 Å². The van der Waals surface area contributed by atoms with Gasteiger partial charge in [-0.3, -0.25) is 9.59 Å². The molecule has 3 aromatic rings. The number of nitrogens with one attached hydrogen (secondary N) is 1. The lowest BCUT2D eigenvalue weighted by Gasteiger charge is -2.24. The van der Waals surface area contributed by atoms with E-state index >= 15 is 0 Å². The number of imidazole rings is 1. The maximum Gasteiger partial charge on any atom is 0.291 e. The van der Waals surface area contributed by atoms with Gasteiger partial charge in [0, 0.05) is 12.2 Å². The third-order valence-corrected chi connectivity index (χ3v) is 5.73. The number of aromatic nitrogens is 2. The molecule has 9 heteroatoms. The largest absolute Gasteiger partial charge is 0.329 e. The van der Waals surface area contributed by atoms with E-state index in [4.69, 9.17) is 0 Å². The van der Waals surface area contributed by atoms with E-state index in [9.17, 15) is 18.4 Å². The Balaban J connectivity index is 1.54. The Hall–Kier alpha value is -2.94. The monoisotopic (exact) mass is 430 g/mol. The lowest BCUT2D eigenvalue weighted by atomic mass is 10.2. The minimum atomic E-state index is -2.65. The van der Waals surface area contributed by atoms with Crippen molar-refractivity contribution < 1.29 is 18.4 Å². The van der Waals surface area contributed by atoms with Gasteiger partial charge in [-0.25, -0.2) is 4.98 Å². The maximum atomic E-state index is 13.1. The van der Waals surface area contributed by atoms with Gasteiger partial charge in [-0.1, -0.05) is 30.3 Å². The van der Waals surface area contributed by atoms with Crippen molar-refractivity contribution in [1.82, 2.24) is 14.5 Å². The summed E-state index contributed by atoms with van der Waals surface area (Å²) in [4.78, 5) is 31.6. The third kappa shape index (κ3) is 4.30. The number of hydrogen-bond donors (Lipinski definition) is 1. The van der Waals surface area contributed by atoms with Crippen LogP contribution in [-0.2, 0) is 16.1 Å². The Kier molecular flexibility index (Phi) is 5.98. The van der Waals surface area contributed by atoms with Gasteiger partial charge in [0.1, 0.15) is 12.6 Å². The molecule has 1 aliphatic rings. The molecule has 4 rings (SSSR count). The lowest BCUT2D eigenvalue weighted by Crippen LogP contribution is -2.44. The molecule has 1 fully saturated rings. The zero-order valence-electron chi connectivity index (χ0n) is 16.0. The Bertz CT molecular complexity index is 1060. The maximum absolute atomic E-state index is 13.1. The number of rotatable bonds is 6. The van der Waals surface area contributed by atoms with Gasteiger partial charge in [0.15, 0.2) is 5.16 Å². The topological polar surface area (TPSA) is 67.2 Å². The number of nitrogens with zero attached hydrogens (tertiary/aromatic N) is 3. The number of carbonyl (C=O) groups is 2. The summed E-state index contributed by atoms with van der Waals surface area (Å²) in [6.45, 7) is 0.306. The molecule has 0 radical (unpaired) electrons. The van der Waals surface area contributed by atoms with Crippen molar-refractivity contribution >= 4 is 40.3 Å². The van der Waals surface area contributed by atoms with Crippen LogP contribution in [-0.4, -0.2) is 44.6 Å². The van der Waals surface area contributed by atoms with Crippen LogP contribution in [0.25, 0.3) is 11.0 Å². The van der Waals surface area contributed by atoms with Gasteiger partial charge >= 0.3 is 0 Å². The van der Waals surface area contributed by atoms with Crippen LogP contribution >= 0.6 is 11.8 Å². The van der Waals surface area contributed by atoms with Gasteiger partial charge in [0.2, 0.25) is 11.8 Å². The number of likely N-dealkylation sites (tertiary alicyclic amines) is 1. The van der Waals surface area contributed by atoms with E-state index in [-0.39, 0.29) is 23.5 Å². The molecule has 0 bridgehead atoms. The molecule has 1 aromatic heterocycles. The molecule has 2 amide bonds. The molecule has 0 spiro atoms. The number of fused-ring (bicyclic) bond motifs is 1. The van der Waals surface area contributed by atoms with E-state index in [2.05, 4.69) is 10.3 Å². The average Bonchev–Trinajstić information content (AvgIpc) is 3.34.